The standard InChI is InChI=1S/C16H22ClN3/c1-2-9-20(15-7-5-14(19)6-8-15)16-10-13(17)4-3-12(16)11-18/h3-4,10,14-15H,2,5-9,19H2,1H3. The van der Waals surface area contributed by atoms with E-state index in [9.17, 15) is 5.26 Å². The van der Waals surface area contributed by atoms with Gasteiger partial charge in [-0.3, -0.25) is 0 Å². The minimum atomic E-state index is 0.338. The largest absolute Gasteiger partial charge is 0.367 e. The van der Waals surface area contributed by atoms with Gasteiger partial charge in [0.05, 0.1) is 11.3 Å². The number of benzene rings is 1. The van der Waals surface area contributed by atoms with Crippen molar-refractivity contribution < 1.29 is 0 Å². The van der Waals surface area contributed by atoms with Crippen LogP contribution in [-0.4, -0.2) is 18.6 Å². The van der Waals surface area contributed by atoms with Crippen LogP contribution in [0.15, 0.2) is 18.2 Å². The number of rotatable bonds is 4. The quantitative estimate of drug-likeness (QED) is 0.920. The predicted octanol–water partition coefficient (Wildman–Crippen LogP) is 3.70. The highest BCUT2D eigenvalue weighted by atomic mass is 35.5. The summed E-state index contributed by atoms with van der Waals surface area (Å²) in [4.78, 5) is 2.36. The number of nitriles is 1. The van der Waals surface area contributed by atoms with Crippen LogP contribution >= 0.6 is 11.6 Å². The molecule has 0 aliphatic heterocycles. The molecule has 1 aliphatic rings. The molecule has 0 unspecified atom stereocenters. The van der Waals surface area contributed by atoms with Crippen molar-refractivity contribution >= 4 is 17.3 Å². The van der Waals surface area contributed by atoms with Crippen LogP contribution in [0.1, 0.15) is 44.6 Å². The average Bonchev–Trinajstić information content (AvgIpc) is 2.46. The second-order valence-electron chi connectivity index (χ2n) is 5.54. The van der Waals surface area contributed by atoms with E-state index in [1.54, 1.807) is 6.07 Å². The van der Waals surface area contributed by atoms with Gasteiger partial charge in [0.1, 0.15) is 6.07 Å². The molecule has 0 spiro atoms. The third kappa shape index (κ3) is 3.45. The monoisotopic (exact) mass is 291 g/mol. The van der Waals surface area contributed by atoms with Gasteiger partial charge in [-0.15, -0.1) is 0 Å². The fourth-order valence-electron chi connectivity index (χ4n) is 2.99. The van der Waals surface area contributed by atoms with Crippen molar-refractivity contribution in [1.82, 2.24) is 0 Å². The number of nitrogens with two attached hydrogens (primary N) is 1. The Balaban J connectivity index is 2.28. The third-order valence-electron chi connectivity index (χ3n) is 4.04. The second-order valence-corrected chi connectivity index (χ2v) is 5.97. The van der Waals surface area contributed by atoms with Gasteiger partial charge in [0.25, 0.3) is 0 Å². The average molecular weight is 292 g/mol. The van der Waals surface area contributed by atoms with Gasteiger partial charge < -0.3 is 10.6 Å². The zero-order valence-electron chi connectivity index (χ0n) is 12.0. The van der Waals surface area contributed by atoms with E-state index in [1.165, 1.54) is 0 Å². The van der Waals surface area contributed by atoms with Crippen LogP contribution in [-0.2, 0) is 0 Å². The summed E-state index contributed by atoms with van der Waals surface area (Å²) in [6, 6.07) is 8.61. The van der Waals surface area contributed by atoms with Gasteiger partial charge in [-0.25, -0.2) is 0 Å². The first-order chi connectivity index (χ1) is 9.65. The molecule has 3 nitrogen and oxygen atoms in total. The Morgan fingerprint density at radius 2 is 2.05 bits per heavy atom. The van der Waals surface area contributed by atoms with Crippen molar-refractivity contribution in [3.63, 3.8) is 0 Å². The molecule has 108 valence electrons. The summed E-state index contributed by atoms with van der Waals surface area (Å²) in [5.74, 6) is 0. The first-order valence-corrected chi connectivity index (χ1v) is 7.75. The number of hydrogen-bond donors (Lipinski definition) is 1. The minimum absolute atomic E-state index is 0.338. The predicted molar refractivity (Wildman–Crippen MR) is 84.0 cm³/mol. The van der Waals surface area contributed by atoms with Crippen LogP contribution in [0.25, 0.3) is 0 Å². The van der Waals surface area contributed by atoms with Crippen molar-refractivity contribution in [2.45, 2.75) is 51.1 Å². The van der Waals surface area contributed by atoms with Gasteiger partial charge in [-0.05, 0) is 50.3 Å². The summed E-state index contributed by atoms with van der Waals surface area (Å²) in [5, 5.41) is 10.0. The fraction of sp³-hybridized carbons (Fsp3) is 0.562. The van der Waals surface area contributed by atoms with Crippen LogP contribution in [0.2, 0.25) is 5.02 Å². The Hall–Kier alpha value is -1.24. The normalized spacial score (nSPS) is 22.3. The molecule has 1 aromatic carbocycles. The number of hydrogen-bond acceptors (Lipinski definition) is 3. The zero-order valence-corrected chi connectivity index (χ0v) is 12.7. The molecule has 0 atom stereocenters. The highest BCUT2D eigenvalue weighted by molar-refractivity contribution is 6.30. The number of anilines is 1. The summed E-state index contributed by atoms with van der Waals surface area (Å²) in [6.45, 7) is 3.12. The van der Waals surface area contributed by atoms with Crippen LogP contribution in [0.3, 0.4) is 0 Å². The Morgan fingerprint density at radius 3 is 2.65 bits per heavy atom. The van der Waals surface area contributed by atoms with Crippen molar-refractivity contribution in [3.05, 3.63) is 28.8 Å². The van der Waals surface area contributed by atoms with Gasteiger partial charge in [0.2, 0.25) is 0 Å². The number of halogens is 1. The topological polar surface area (TPSA) is 53.0 Å². The maximum Gasteiger partial charge on any atom is 0.101 e. The molecule has 0 aromatic heterocycles. The molecular formula is C16H22ClN3. The smallest absolute Gasteiger partial charge is 0.101 e. The Labute approximate surface area is 126 Å². The summed E-state index contributed by atoms with van der Waals surface area (Å²) in [5.41, 5.74) is 7.68. The molecule has 1 saturated carbocycles. The highest BCUT2D eigenvalue weighted by Gasteiger charge is 2.25. The third-order valence-corrected chi connectivity index (χ3v) is 4.27. The summed E-state index contributed by atoms with van der Waals surface area (Å²) in [6.07, 6.45) is 5.37. The second kappa shape index (κ2) is 6.97. The molecule has 0 amide bonds. The lowest BCUT2D eigenvalue weighted by Crippen LogP contribution is -2.41. The van der Waals surface area contributed by atoms with E-state index in [2.05, 4.69) is 17.9 Å². The van der Waals surface area contributed by atoms with Gasteiger partial charge in [-0.2, -0.15) is 5.26 Å². The molecule has 0 radical (unpaired) electrons. The van der Waals surface area contributed by atoms with E-state index in [0.29, 0.717) is 22.7 Å². The van der Waals surface area contributed by atoms with Gasteiger partial charge in [0, 0.05) is 23.7 Å². The van der Waals surface area contributed by atoms with Crippen LogP contribution in [0.5, 0.6) is 0 Å². The van der Waals surface area contributed by atoms with Crippen molar-refractivity contribution in [1.29, 1.82) is 5.26 Å². The fourth-order valence-corrected chi connectivity index (χ4v) is 3.16. The lowest BCUT2D eigenvalue weighted by molar-refractivity contribution is 0.375. The highest BCUT2D eigenvalue weighted by Crippen LogP contribution is 2.31. The van der Waals surface area contributed by atoms with E-state index >= 15 is 0 Å². The molecule has 1 aromatic rings. The molecule has 0 heterocycles. The van der Waals surface area contributed by atoms with Crippen LogP contribution < -0.4 is 10.6 Å². The molecule has 0 bridgehead atoms. The van der Waals surface area contributed by atoms with E-state index < -0.39 is 0 Å². The molecule has 1 aliphatic carbocycles. The Morgan fingerprint density at radius 1 is 1.35 bits per heavy atom. The zero-order chi connectivity index (χ0) is 14.5. The Kier molecular flexibility index (Phi) is 5.28. The van der Waals surface area contributed by atoms with Crippen LogP contribution in [0.4, 0.5) is 5.69 Å². The van der Waals surface area contributed by atoms with Gasteiger partial charge in [0.15, 0.2) is 0 Å². The van der Waals surface area contributed by atoms with E-state index in [1.807, 2.05) is 12.1 Å². The van der Waals surface area contributed by atoms with Crippen molar-refractivity contribution in [2.24, 2.45) is 5.73 Å². The SMILES string of the molecule is CCCN(c1cc(Cl)ccc1C#N)C1CCC(N)CC1. The maximum atomic E-state index is 9.33. The van der Waals surface area contributed by atoms with E-state index in [-0.39, 0.29) is 0 Å². The summed E-state index contributed by atoms with van der Waals surface area (Å²) < 4.78 is 0. The van der Waals surface area contributed by atoms with Crippen LogP contribution in [0, 0.1) is 11.3 Å². The molecule has 1 fully saturated rings. The maximum absolute atomic E-state index is 9.33. The molecule has 0 saturated heterocycles. The van der Waals surface area contributed by atoms with E-state index in [4.69, 9.17) is 17.3 Å². The molecule has 20 heavy (non-hydrogen) atoms. The molecular weight excluding hydrogens is 270 g/mol. The number of nitrogens with zero attached hydrogens (tertiary/aromatic N) is 2. The van der Waals surface area contributed by atoms with Gasteiger partial charge in [-0.1, -0.05) is 18.5 Å². The summed E-state index contributed by atoms with van der Waals surface area (Å²) in [7, 11) is 0. The molecule has 2 N–H and O–H groups in total. The van der Waals surface area contributed by atoms with Crippen molar-refractivity contribution in [2.75, 3.05) is 11.4 Å². The summed E-state index contributed by atoms with van der Waals surface area (Å²) >= 11 is 6.12. The first kappa shape index (κ1) is 15.2. The Bertz CT molecular complexity index is 487. The lowest BCUT2D eigenvalue weighted by Gasteiger charge is -2.38. The van der Waals surface area contributed by atoms with Crippen molar-refractivity contribution in [3.8, 4) is 6.07 Å². The minimum Gasteiger partial charge on any atom is -0.367 e. The molecule has 2 rings (SSSR count). The lowest BCUT2D eigenvalue weighted by atomic mass is 9.90. The van der Waals surface area contributed by atoms with E-state index in [0.717, 1.165) is 44.3 Å². The first-order valence-electron chi connectivity index (χ1n) is 7.37. The van der Waals surface area contributed by atoms with Gasteiger partial charge >= 0.3 is 0 Å². The molecule has 4 heteroatoms.